The van der Waals surface area contributed by atoms with Crippen LogP contribution in [0, 0.1) is 13.8 Å². The zero-order chi connectivity index (χ0) is 20.8. The van der Waals surface area contributed by atoms with Gasteiger partial charge in [-0.3, -0.25) is 4.79 Å². The Kier molecular flexibility index (Phi) is 7.02. The maximum Gasteiger partial charge on any atom is 0.262 e. The Bertz CT molecular complexity index is 1020. The Labute approximate surface area is 180 Å². The van der Waals surface area contributed by atoms with Crippen molar-refractivity contribution in [2.75, 3.05) is 17.2 Å². The zero-order valence-electron chi connectivity index (χ0n) is 16.3. The predicted molar refractivity (Wildman–Crippen MR) is 120 cm³/mol. The number of amides is 1. The van der Waals surface area contributed by atoms with Crippen LogP contribution in [0.5, 0.6) is 5.75 Å². The molecule has 4 nitrogen and oxygen atoms in total. The second-order valence-corrected chi connectivity index (χ2v) is 7.57. The molecule has 0 radical (unpaired) electrons. The average molecular weight is 429 g/mol. The van der Waals surface area contributed by atoms with Crippen molar-refractivity contribution in [2.45, 2.75) is 20.4 Å². The van der Waals surface area contributed by atoms with Gasteiger partial charge < -0.3 is 15.4 Å². The first-order valence-corrected chi connectivity index (χ1v) is 9.94. The first kappa shape index (κ1) is 21.0. The lowest BCUT2D eigenvalue weighted by Gasteiger charge is -2.13. The maximum atomic E-state index is 12.1. The van der Waals surface area contributed by atoms with Crippen LogP contribution >= 0.6 is 23.2 Å². The Balaban J connectivity index is 1.56. The quantitative estimate of drug-likeness (QED) is 0.468. The number of halogens is 2. The summed E-state index contributed by atoms with van der Waals surface area (Å²) < 4.78 is 5.58. The fourth-order valence-corrected chi connectivity index (χ4v) is 3.23. The molecule has 0 saturated carbocycles. The molecule has 0 aliphatic carbocycles. The Morgan fingerprint density at radius 2 is 1.69 bits per heavy atom. The van der Waals surface area contributed by atoms with Crippen LogP contribution in [-0.2, 0) is 11.3 Å². The predicted octanol–water partition coefficient (Wildman–Crippen LogP) is 6.24. The minimum atomic E-state index is -0.238. The molecule has 3 aromatic carbocycles. The number of carbonyl (C=O) groups excluding carboxylic acids is 1. The molecular weight excluding hydrogens is 407 g/mol. The topological polar surface area (TPSA) is 50.4 Å². The summed E-state index contributed by atoms with van der Waals surface area (Å²) in [7, 11) is 0. The molecule has 0 unspecified atom stereocenters. The molecule has 6 heteroatoms. The Hall–Kier alpha value is -2.69. The number of hydrogen-bond donors (Lipinski definition) is 2. The molecule has 3 rings (SSSR count). The third-order valence-corrected chi connectivity index (χ3v) is 4.99. The van der Waals surface area contributed by atoms with E-state index >= 15 is 0 Å². The summed E-state index contributed by atoms with van der Waals surface area (Å²) >= 11 is 12.4. The van der Waals surface area contributed by atoms with Gasteiger partial charge in [0.15, 0.2) is 6.61 Å². The van der Waals surface area contributed by atoms with E-state index in [2.05, 4.69) is 10.6 Å². The number of carbonyl (C=O) groups is 1. The third kappa shape index (κ3) is 5.89. The second-order valence-electron chi connectivity index (χ2n) is 6.73. The number of aryl methyl sites for hydroxylation is 2. The second kappa shape index (κ2) is 9.68. The van der Waals surface area contributed by atoms with Crippen LogP contribution < -0.4 is 15.4 Å². The maximum absolute atomic E-state index is 12.1. The normalized spacial score (nSPS) is 10.5. The molecule has 0 heterocycles. The monoisotopic (exact) mass is 428 g/mol. The van der Waals surface area contributed by atoms with E-state index in [9.17, 15) is 4.79 Å². The molecule has 0 aromatic heterocycles. The van der Waals surface area contributed by atoms with E-state index in [0.29, 0.717) is 22.3 Å². The molecule has 0 atom stereocenters. The Morgan fingerprint density at radius 1 is 0.931 bits per heavy atom. The first-order chi connectivity index (χ1) is 13.9. The number of ether oxygens (including phenoxy) is 1. The molecule has 1 amide bonds. The highest BCUT2D eigenvalue weighted by atomic mass is 35.5. The van der Waals surface area contributed by atoms with Crippen LogP contribution in [-0.4, -0.2) is 12.5 Å². The van der Waals surface area contributed by atoms with E-state index in [1.807, 2.05) is 68.4 Å². The zero-order valence-corrected chi connectivity index (χ0v) is 17.8. The molecule has 150 valence electrons. The molecule has 0 spiro atoms. The van der Waals surface area contributed by atoms with Crippen LogP contribution in [0.3, 0.4) is 0 Å². The summed E-state index contributed by atoms with van der Waals surface area (Å²) in [4.78, 5) is 12.1. The van der Waals surface area contributed by atoms with E-state index in [1.165, 1.54) is 0 Å². The lowest BCUT2D eigenvalue weighted by molar-refractivity contribution is -0.118. The van der Waals surface area contributed by atoms with E-state index in [4.69, 9.17) is 27.9 Å². The number of rotatable bonds is 7. The molecule has 0 fully saturated rings. The summed E-state index contributed by atoms with van der Waals surface area (Å²) in [6.07, 6.45) is 0. The lowest BCUT2D eigenvalue weighted by atomic mass is 10.1. The highest BCUT2D eigenvalue weighted by molar-refractivity contribution is 6.32. The van der Waals surface area contributed by atoms with Gasteiger partial charge in [-0.15, -0.1) is 0 Å². The highest BCUT2D eigenvalue weighted by Gasteiger charge is 2.09. The first-order valence-electron chi connectivity index (χ1n) is 9.19. The summed E-state index contributed by atoms with van der Waals surface area (Å²) in [6.45, 7) is 4.43. The van der Waals surface area contributed by atoms with Crippen LogP contribution in [0.4, 0.5) is 11.4 Å². The SMILES string of the molecule is Cc1ccc(Cl)cc1NCc1ccc(OCC(=O)Nc2ccccc2C)c(Cl)c1. The number of anilines is 2. The number of nitrogens with one attached hydrogen (secondary N) is 2. The van der Waals surface area contributed by atoms with Gasteiger partial charge in [0.05, 0.1) is 5.02 Å². The number of benzene rings is 3. The van der Waals surface area contributed by atoms with Gasteiger partial charge in [0.2, 0.25) is 0 Å². The highest BCUT2D eigenvalue weighted by Crippen LogP contribution is 2.27. The number of para-hydroxylation sites is 1. The minimum Gasteiger partial charge on any atom is -0.482 e. The molecule has 3 aromatic rings. The van der Waals surface area contributed by atoms with E-state index in [-0.39, 0.29) is 12.5 Å². The minimum absolute atomic E-state index is 0.118. The van der Waals surface area contributed by atoms with Crippen molar-refractivity contribution in [1.82, 2.24) is 0 Å². The molecule has 0 saturated heterocycles. The van der Waals surface area contributed by atoms with Crippen molar-refractivity contribution >= 4 is 40.5 Å². The standard InChI is InChI=1S/C23H22Cl2N2O2/c1-15-5-3-4-6-20(15)27-23(28)14-29-22-10-8-17(11-19(22)25)13-26-21-12-18(24)9-7-16(21)2/h3-12,26H,13-14H2,1-2H3,(H,27,28). The van der Waals surface area contributed by atoms with Crippen molar-refractivity contribution in [2.24, 2.45) is 0 Å². The van der Waals surface area contributed by atoms with Gasteiger partial charge in [-0.05, 0) is 60.9 Å². The van der Waals surface area contributed by atoms with E-state index < -0.39 is 0 Å². The third-order valence-electron chi connectivity index (χ3n) is 4.46. The smallest absolute Gasteiger partial charge is 0.262 e. The van der Waals surface area contributed by atoms with Crippen LogP contribution in [0.25, 0.3) is 0 Å². The largest absolute Gasteiger partial charge is 0.482 e. The molecule has 0 bridgehead atoms. The van der Waals surface area contributed by atoms with Crippen molar-refractivity contribution < 1.29 is 9.53 Å². The Morgan fingerprint density at radius 3 is 2.45 bits per heavy atom. The van der Waals surface area contributed by atoms with Gasteiger partial charge in [0.25, 0.3) is 5.91 Å². The lowest BCUT2D eigenvalue weighted by Crippen LogP contribution is -2.20. The van der Waals surface area contributed by atoms with E-state index in [1.54, 1.807) is 6.07 Å². The summed E-state index contributed by atoms with van der Waals surface area (Å²) in [6, 6.07) is 18.8. The summed E-state index contributed by atoms with van der Waals surface area (Å²) in [5, 5.41) is 7.32. The van der Waals surface area contributed by atoms with E-state index in [0.717, 1.165) is 28.1 Å². The summed E-state index contributed by atoms with van der Waals surface area (Å²) in [5.74, 6) is 0.229. The van der Waals surface area contributed by atoms with Crippen LogP contribution in [0.2, 0.25) is 10.0 Å². The molecular formula is C23H22Cl2N2O2. The number of hydrogen-bond acceptors (Lipinski definition) is 3. The van der Waals surface area contributed by atoms with Crippen LogP contribution in [0.1, 0.15) is 16.7 Å². The van der Waals surface area contributed by atoms with Crippen molar-refractivity contribution in [3.8, 4) is 5.75 Å². The van der Waals surface area contributed by atoms with Gasteiger partial charge in [-0.2, -0.15) is 0 Å². The van der Waals surface area contributed by atoms with Crippen LogP contribution in [0.15, 0.2) is 60.7 Å². The molecule has 2 N–H and O–H groups in total. The van der Waals surface area contributed by atoms with Gasteiger partial charge in [0.1, 0.15) is 5.75 Å². The van der Waals surface area contributed by atoms with Gasteiger partial charge in [-0.25, -0.2) is 0 Å². The molecule has 0 aliphatic heterocycles. The molecule has 0 aliphatic rings. The van der Waals surface area contributed by atoms with Crippen molar-refractivity contribution in [1.29, 1.82) is 0 Å². The van der Waals surface area contributed by atoms with Gasteiger partial charge in [-0.1, -0.05) is 53.5 Å². The fraction of sp³-hybridized carbons (Fsp3) is 0.174. The van der Waals surface area contributed by atoms with Gasteiger partial charge >= 0.3 is 0 Å². The van der Waals surface area contributed by atoms with Crippen molar-refractivity contribution in [3.05, 3.63) is 87.4 Å². The average Bonchev–Trinajstić information content (AvgIpc) is 2.69. The van der Waals surface area contributed by atoms with Gasteiger partial charge in [0, 0.05) is 22.9 Å². The molecule has 29 heavy (non-hydrogen) atoms. The summed E-state index contributed by atoms with van der Waals surface area (Å²) in [5.41, 5.74) is 4.84. The van der Waals surface area contributed by atoms with Crippen molar-refractivity contribution in [3.63, 3.8) is 0 Å². The fourth-order valence-electron chi connectivity index (χ4n) is 2.80.